The first-order valence-corrected chi connectivity index (χ1v) is 7.46. The maximum absolute atomic E-state index is 4.46. The number of anilines is 1. The lowest BCUT2D eigenvalue weighted by Gasteiger charge is -2.31. The highest BCUT2D eigenvalue weighted by atomic mass is 15.2. The second-order valence-electron chi connectivity index (χ2n) is 6.15. The Morgan fingerprint density at radius 3 is 2.79 bits per heavy atom. The van der Waals surface area contributed by atoms with E-state index in [-0.39, 0.29) is 0 Å². The van der Waals surface area contributed by atoms with Gasteiger partial charge in [0, 0.05) is 45.7 Å². The molecule has 0 radical (unpaired) electrons. The van der Waals surface area contributed by atoms with E-state index in [9.17, 15) is 0 Å². The molecule has 19 heavy (non-hydrogen) atoms. The van der Waals surface area contributed by atoms with Crippen molar-refractivity contribution in [2.45, 2.75) is 38.6 Å². The number of fused-ring (bicyclic) bond motifs is 1. The van der Waals surface area contributed by atoms with Crippen LogP contribution in [0.25, 0.3) is 0 Å². The Bertz CT molecular complexity index is 438. The van der Waals surface area contributed by atoms with Crippen LogP contribution in [0.5, 0.6) is 0 Å². The highest BCUT2D eigenvalue weighted by molar-refractivity contribution is 5.48. The largest absolute Gasteiger partial charge is 0.362 e. The van der Waals surface area contributed by atoms with Gasteiger partial charge < -0.3 is 4.90 Å². The van der Waals surface area contributed by atoms with Crippen molar-refractivity contribution in [3.63, 3.8) is 0 Å². The van der Waals surface area contributed by atoms with Crippen LogP contribution in [-0.2, 0) is 13.0 Å². The minimum Gasteiger partial charge on any atom is -0.362 e. The van der Waals surface area contributed by atoms with Crippen molar-refractivity contribution in [3.8, 4) is 0 Å². The summed E-state index contributed by atoms with van der Waals surface area (Å²) in [5.41, 5.74) is 2.60. The minimum atomic E-state index is 0.925. The Labute approximate surface area is 115 Å². The topological polar surface area (TPSA) is 32.3 Å². The molecule has 2 heterocycles. The van der Waals surface area contributed by atoms with Gasteiger partial charge in [-0.2, -0.15) is 0 Å². The van der Waals surface area contributed by atoms with E-state index in [0.29, 0.717) is 0 Å². The average Bonchev–Trinajstić information content (AvgIpc) is 2.90. The van der Waals surface area contributed by atoms with Crippen LogP contribution in [0.3, 0.4) is 0 Å². The molecule has 1 aliphatic carbocycles. The Balaban J connectivity index is 1.74. The Hall–Kier alpha value is -1.16. The van der Waals surface area contributed by atoms with E-state index in [2.05, 4.69) is 33.9 Å². The first-order chi connectivity index (χ1) is 9.24. The fraction of sp³-hybridized carbons (Fsp3) is 0.733. The predicted octanol–water partition coefficient (Wildman–Crippen LogP) is 2.09. The van der Waals surface area contributed by atoms with Gasteiger partial charge in [-0.05, 0) is 18.8 Å². The van der Waals surface area contributed by atoms with Crippen LogP contribution in [0.15, 0.2) is 6.33 Å². The molecule has 0 bridgehead atoms. The van der Waals surface area contributed by atoms with Crippen LogP contribution in [0.4, 0.5) is 5.82 Å². The number of rotatable bonds is 3. The molecule has 0 unspecified atom stereocenters. The average molecular weight is 260 g/mol. The van der Waals surface area contributed by atoms with Gasteiger partial charge in [0.25, 0.3) is 0 Å². The molecular formula is C15H24N4. The quantitative estimate of drug-likeness (QED) is 0.833. The summed E-state index contributed by atoms with van der Waals surface area (Å²) in [6.45, 7) is 3.45. The molecule has 1 aromatic rings. The normalized spacial score (nSPS) is 20.5. The number of nitrogens with zero attached hydrogens (tertiary/aromatic N) is 4. The molecule has 1 aliphatic heterocycles. The zero-order chi connectivity index (χ0) is 13.2. The third-order valence-corrected chi connectivity index (χ3v) is 4.47. The number of hydrogen-bond donors (Lipinski definition) is 0. The maximum Gasteiger partial charge on any atom is 0.136 e. The maximum atomic E-state index is 4.46. The summed E-state index contributed by atoms with van der Waals surface area (Å²) in [7, 11) is 4.14. The highest BCUT2D eigenvalue weighted by Crippen LogP contribution is 2.29. The van der Waals surface area contributed by atoms with Crippen LogP contribution in [0.1, 0.15) is 36.9 Å². The molecule has 2 aliphatic rings. The van der Waals surface area contributed by atoms with Gasteiger partial charge in [0.15, 0.2) is 0 Å². The summed E-state index contributed by atoms with van der Waals surface area (Å²) in [4.78, 5) is 13.6. The molecule has 4 heteroatoms. The first kappa shape index (κ1) is 12.9. The van der Waals surface area contributed by atoms with Crippen LogP contribution in [0, 0.1) is 5.92 Å². The number of hydrogen-bond acceptors (Lipinski definition) is 4. The second-order valence-corrected chi connectivity index (χ2v) is 6.15. The van der Waals surface area contributed by atoms with E-state index >= 15 is 0 Å². The Kier molecular flexibility index (Phi) is 3.69. The first-order valence-electron chi connectivity index (χ1n) is 7.46. The molecule has 0 amide bonds. The second kappa shape index (κ2) is 5.45. The van der Waals surface area contributed by atoms with Crippen LogP contribution in [-0.4, -0.2) is 42.1 Å². The summed E-state index contributed by atoms with van der Waals surface area (Å²) in [5.74, 6) is 2.02. The predicted molar refractivity (Wildman–Crippen MR) is 77.3 cm³/mol. The van der Waals surface area contributed by atoms with E-state index in [0.717, 1.165) is 31.2 Å². The lowest BCUT2D eigenvalue weighted by molar-refractivity contribution is 0.213. The standard InChI is InChI=1S/C15H24N4/c1-18(2)15-13-10-19(9-12-5-3-4-6-12)8-7-14(13)16-11-17-15/h11-12H,3-10H2,1-2H3. The van der Waals surface area contributed by atoms with Crippen molar-refractivity contribution in [1.82, 2.24) is 14.9 Å². The van der Waals surface area contributed by atoms with Crippen molar-refractivity contribution < 1.29 is 0 Å². The van der Waals surface area contributed by atoms with Gasteiger partial charge in [-0.1, -0.05) is 12.8 Å². The molecule has 104 valence electrons. The molecule has 1 saturated carbocycles. The van der Waals surface area contributed by atoms with Gasteiger partial charge in [0.2, 0.25) is 0 Å². The third kappa shape index (κ3) is 2.73. The van der Waals surface area contributed by atoms with E-state index in [4.69, 9.17) is 0 Å². The fourth-order valence-corrected chi connectivity index (χ4v) is 3.48. The number of aromatic nitrogens is 2. The van der Waals surface area contributed by atoms with Crippen LogP contribution >= 0.6 is 0 Å². The monoisotopic (exact) mass is 260 g/mol. The van der Waals surface area contributed by atoms with Crippen molar-refractivity contribution in [2.75, 3.05) is 32.1 Å². The van der Waals surface area contributed by atoms with Gasteiger partial charge in [0.05, 0.1) is 5.69 Å². The molecule has 1 aromatic heterocycles. The van der Waals surface area contributed by atoms with Crippen molar-refractivity contribution in [2.24, 2.45) is 5.92 Å². The van der Waals surface area contributed by atoms with Gasteiger partial charge in [0.1, 0.15) is 12.1 Å². The van der Waals surface area contributed by atoms with Crippen LogP contribution < -0.4 is 4.90 Å². The molecule has 3 rings (SSSR count). The highest BCUT2D eigenvalue weighted by Gasteiger charge is 2.25. The Morgan fingerprint density at radius 1 is 1.26 bits per heavy atom. The zero-order valence-electron chi connectivity index (χ0n) is 12.1. The van der Waals surface area contributed by atoms with Gasteiger partial charge >= 0.3 is 0 Å². The van der Waals surface area contributed by atoms with Crippen molar-refractivity contribution >= 4 is 5.82 Å². The summed E-state index contributed by atoms with van der Waals surface area (Å²) >= 11 is 0. The molecule has 1 fully saturated rings. The third-order valence-electron chi connectivity index (χ3n) is 4.47. The summed E-state index contributed by atoms with van der Waals surface area (Å²) < 4.78 is 0. The SMILES string of the molecule is CN(C)c1ncnc2c1CN(CC1CCCC1)CC2. The zero-order valence-corrected chi connectivity index (χ0v) is 12.1. The van der Waals surface area contributed by atoms with E-state index in [1.54, 1.807) is 6.33 Å². The van der Waals surface area contributed by atoms with Gasteiger partial charge in [-0.25, -0.2) is 9.97 Å². The fourth-order valence-electron chi connectivity index (χ4n) is 3.48. The molecule has 0 saturated heterocycles. The van der Waals surface area contributed by atoms with E-state index in [1.165, 1.54) is 43.5 Å². The van der Waals surface area contributed by atoms with E-state index in [1.807, 2.05) is 0 Å². The van der Waals surface area contributed by atoms with Gasteiger partial charge in [-0.3, -0.25) is 4.90 Å². The molecule has 4 nitrogen and oxygen atoms in total. The summed E-state index contributed by atoms with van der Waals surface area (Å²) in [5, 5.41) is 0. The van der Waals surface area contributed by atoms with Gasteiger partial charge in [-0.15, -0.1) is 0 Å². The van der Waals surface area contributed by atoms with Crippen molar-refractivity contribution in [3.05, 3.63) is 17.6 Å². The molecular weight excluding hydrogens is 236 g/mol. The lowest BCUT2D eigenvalue weighted by Crippen LogP contribution is -2.35. The van der Waals surface area contributed by atoms with E-state index < -0.39 is 0 Å². The molecule has 0 spiro atoms. The smallest absolute Gasteiger partial charge is 0.136 e. The summed E-state index contributed by atoms with van der Waals surface area (Å²) in [6.07, 6.45) is 8.50. The molecule has 0 atom stereocenters. The van der Waals surface area contributed by atoms with Crippen LogP contribution in [0.2, 0.25) is 0 Å². The molecule has 0 aromatic carbocycles. The van der Waals surface area contributed by atoms with Crippen molar-refractivity contribution in [1.29, 1.82) is 0 Å². The molecule has 0 N–H and O–H groups in total. The lowest BCUT2D eigenvalue weighted by atomic mass is 10.0. The summed E-state index contributed by atoms with van der Waals surface area (Å²) in [6, 6.07) is 0. The minimum absolute atomic E-state index is 0.925. The Morgan fingerprint density at radius 2 is 2.05 bits per heavy atom.